The molecular weight excluding hydrogens is 288 g/mol. The van der Waals surface area contributed by atoms with Crippen LogP contribution in [0.25, 0.3) is 0 Å². The third-order valence-corrected chi connectivity index (χ3v) is 5.24. The van der Waals surface area contributed by atoms with E-state index in [9.17, 15) is 9.59 Å². The van der Waals surface area contributed by atoms with Crippen LogP contribution in [0, 0.1) is 19.8 Å². The number of rotatable bonds is 4. The summed E-state index contributed by atoms with van der Waals surface area (Å²) in [6.07, 6.45) is 2.37. The smallest absolute Gasteiger partial charge is 0.348 e. The maximum atomic E-state index is 12.3. The summed E-state index contributed by atoms with van der Waals surface area (Å²) in [6, 6.07) is 0.200. The summed E-state index contributed by atoms with van der Waals surface area (Å²) in [5.74, 6) is 0.828. The molecule has 116 valence electrons. The fourth-order valence-corrected chi connectivity index (χ4v) is 3.96. The number of hydrogen-bond acceptors (Lipinski definition) is 4. The number of aliphatic carboxylic acids is 1. The van der Waals surface area contributed by atoms with E-state index in [-0.39, 0.29) is 11.7 Å². The average molecular weight is 310 g/mol. The number of aromatic nitrogens is 2. The van der Waals surface area contributed by atoms with Gasteiger partial charge in [-0.3, -0.25) is 9.36 Å². The van der Waals surface area contributed by atoms with E-state index in [2.05, 4.69) is 4.98 Å². The monoisotopic (exact) mass is 310 g/mol. The molecule has 0 bridgehead atoms. The van der Waals surface area contributed by atoms with Gasteiger partial charge in [0.15, 0.2) is 0 Å². The Labute approximate surface area is 128 Å². The van der Waals surface area contributed by atoms with E-state index in [1.165, 1.54) is 0 Å². The van der Waals surface area contributed by atoms with Crippen LogP contribution in [-0.4, -0.2) is 32.1 Å². The Morgan fingerprint density at radius 2 is 2.05 bits per heavy atom. The molecule has 0 amide bonds. The highest BCUT2D eigenvalue weighted by Gasteiger charge is 2.23. The zero-order chi connectivity index (χ0) is 15.6. The summed E-state index contributed by atoms with van der Waals surface area (Å²) in [5, 5.41) is 9.11. The molecule has 21 heavy (non-hydrogen) atoms. The van der Waals surface area contributed by atoms with Crippen LogP contribution in [0.1, 0.15) is 42.8 Å². The molecule has 1 N–H and O–H groups in total. The van der Waals surface area contributed by atoms with Crippen molar-refractivity contribution in [1.29, 1.82) is 0 Å². The molecule has 0 saturated carbocycles. The van der Waals surface area contributed by atoms with E-state index in [4.69, 9.17) is 5.11 Å². The van der Waals surface area contributed by atoms with E-state index in [1.54, 1.807) is 18.4 Å². The van der Waals surface area contributed by atoms with Crippen molar-refractivity contribution in [3.63, 3.8) is 0 Å². The number of hydrogen-bond donors (Lipinski definition) is 1. The number of thioether (sulfide) groups is 1. The van der Waals surface area contributed by atoms with Crippen LogP contribution in [0.15, 0.2) is 4.79 Å². The van der Waals surface area contributed by atoms with Crippen LogP contribution in [0.5, 0.6) is 0 Å². The molecule has 0 spiro atoms. The minimum atomic E-state index is -0.819. The van der Waals surface area contributed by atoms with E-state index < -0.39 is 11.9 Å². The first-order valence-corrected chi connectivity index (χ1v) is 8.46. The van der Waals surface area contributed by atoms with Gasteiger partial charge in [0.25, 0.3) is 0 Å². The molecule has 1 atom stereocenters. The van der Waals surface area contributed by atoms with Crippen molar-refractivity contribution in [2.75, 3.05) is 11.5 Å². The Bertz CT molecular complexity index is 591. The van der Waals surface area contributed by atoms with Gasteiger partial charge in [-0.25, -0.2) is 4.79 Å². The number of carboxylic acid groups (broad SMARTS) is 1. The minimum Gasteiger partial charge on any atom is -0.481 e. The van der Waals surface area contributed by atoms with Crippen LogP contribution >= 0.6 is 11.8 Å². The lowest BCUT2D eigenvalue weighted by molar-refractivity contribution is -0.141. The Balaban J connectivity index is 2.41. The summed E-state index contributed by atoms with van der Waals surface area (Å²) < 4.78 is 1.79. The summed E-state index contributed by atoms with van der Waals surface area (Å²) in [4.78, 5) is 27.5. The number of carboxylic acids is 1. The SMILES string of the molecule is Cc1nc(=O)n(C2CCSCC2)c(C)c1CC(C)C(=O)O. The molecule has 1 aromatic heterocycles. The second kappa shape index (κ2) is 6.64. The molecule has 6 heteroatoms. The molecule has 1 saturated heterocycles. The highest BCUT2D eigenvalue weighted by Crippen LogP contribution is 2.28. The molecule has 1 aromatic rings. The van der Waals surface area contributed by atoms with E-state index in [0.717, 1.165) is 35.6 Å². The Kier molecular flexibility index (Phi) is 5.08. The molecular formula is C15H22N2O3S. The molecule has 2 rings (SSSR count). The molecule has 0 aliphatic carbocycles. The summed E-state index contributed by atoms with van der Waals surface area (Å²) in [5.41, 5.74) is 2.25. The zero-order valence-corrected chi connectivity index (χ0v) is 13.6. The zero-order valence-electron chi connectivity index (χ0n) is 12.8. The Morgan fingerprint density at radius 1 is 1.43 bits per heavy atom. The van der Waals surface area contributed by atoms with Crippen LogP contribution in [0.4, 0.5) is 0 Å². The third-order valence-electron chi connectivity index (χ3n) is 4.19. The molecule has 1 fully saturated rings. The van der Waals surface area contributed by atoms with Crippen LogP contribution < -0.4 is 5.69 Å². The van der Waals surface area contributed by atoms with Crippen LogP contribution in [0.3, 0.4) is 0 Å². The second-order valence-electron chi connectivity index (χ2n) is 5.70. The quantitative estimate of drug-likeness (QED) is 0.923. The Hall–Kier alpha value is -1.30. The molecule has 5 nitrogen and oxygen atoms in total. The van der Waals surface area contributed by atoms with E-state index >= 15 is 0 Å². The van der Waals surface area contributed by atoms with Crippen LogP contribution in [0.2, 0.25) is 0 Å². The summed E-state index contributed by atoms with van der Waals surface area (Å²) in [7, 11) is 0. The van der Waals surface area contributed by atoms with Crippen molar-refractivity contribution in [1.82, 2.24) is 9.55 Å². The van der Waals surface area contributed by atoms with Crippen molar-refractivity contribution in [3.8, 4) is 0 Å². The largest absolute Gasteiger partial charge is 0.481 e. The standard InChI is InChI=1S/C15H22N2O3S/c1-9(14(18)19)8-13-10(2)16-15(20)17(11(13)3)12-4-6-21-7-5-12/h9,12H,4-8H2,1-3H3,(H,18,19). The Morgan fingerprint density at radius 3 is 2.62 bits per heavy atom. The predicted octanol–water partition coefficient (Wildman–Crippen LogP) is 2.19. The number of carbonyl (C=O) groups is 1. The lowest BCUT2D eigenvalue weighted by Crippen LogP contribution is -2.33. The van der Waals surface area contributed by atoms with Crippen molar-refractivity contribution in [2.24, 2.45) is 5.92 Å². The fourth-order valence-electron chi connectivity index (χ4n) is 2.88. The molecule has 1 aliphatic rings. The molecule has 0 radical (unpaired) electrons. The number of aryl methyl sites for hydroxylation is 1. The van der Waals surface area contributed by atoms with Crippen molar-refractivity contribution < 1.29 is 9.90 Å². The van der Waals surface area contributed by atoms with Gasteiger partial charge in [0.2, 0.25) is 0 Å². The molecule has 0 aromatic carbocycles. The third kappa shape index (κ3) is 3.48. The number of nitrogens with zero attached hydrogens (tertiary/aromatic N) is 2. The van der Waals surface area contributed by atoms with E-state index in [1.807, 2.05) is 18.7 Å². The first kappa shape index (κ1) is 16.1. The first-order chi connectivity index (χ1) is 9.91. The van der Waals surface area contributed by atoms with Gasteiger partial charge in [0.05, 0.1) is 5.92 Å². The van der Waals surface area contributed by atoms with Crippen molar-refractivity contribution in [2.45, 2.75) is 46.1 Å². The van der Waals surface area contributed by atoms with Gasteiger partial charge in [0, 0.05) is 17.4 Å². The van der Waals surface area contributed by atoms with Gasteiger partial charge in [-0.1, -0.05) is 6.92 Å². The van der Waals surface area contributed by atoms with Crippen molar-refractivity contribution in [3.05, 3.63) is 27.4 Å². The summed E-state index contributed by atoms with van der Waals surface area (Å²) in [6.45, 7) is 5.40. The highest BCUT2D eigenvalue weighted by molar-refractivity contribution is 7.99. The van der Waals surface area contributed by atoms with Gasteiger partial charge >= 0.3 is 11.7 Å². The fraction of sp³-hybridized carbons (Fsp3) is 0.667. The average Bonchev–Trinajstić information content (AvgIpc) is 2.44. The maximum absolute atomic E-state index is 12.3. The first-order valence-electron chi connectivity index (χ1n) is 7.31. The van der Waals surface area contributed by atoms with Gasteiger partial charge in [0.1, 0.15) is 0 Å². The molecule has 1 unspecified atom stereocenters. The minimum absolute atomic E-state index is 0.200. The lowest BCUT2D eigenvalue weighted by Gasteiger charge is -2.27. The highest BCUT2D eigenvalue weighted by atomic mass is 32.2. The lowest BCUT2D eigenvalue weighted by atomic mass is 9.98. The van der Waals surface area contributed by atoms with Crippen LogP contribution in [-0.2, 0) is 11.2 Å². The molecule has 2 heterocycles. The van der Waals surface area contributed by atoms with Gasteiger partial charge < -0.3 is 5.11 Å². The normalized spacial score (nSPS) is 17.7. The maximum Gasteiger partial charge on any atom is 0.348 e. The topological polar surface area (TPSA) is 72.2 Å². The van der Waals surface area contributed by atoms with Gasteiger partial charge in [-0.2, -0.15) is 16.7 Å². The van der Waals surface area contributed by atoms with E-state index in [0.29, 0.717) is 12.1 Å². The van der Waals surface area contributed by atoms with Gasteiger partial charge in [-0.15, -0.1) is 0 Å². The summed E-state index contributed by atoms with van der Waals surface area (Å²) >= 11 is 1.91. The van der Waals surface area contributed by atoms with Gasteiger partial charge in [-0.05, 0) is 50.2 Å². The molecule has 1 aliphatic heterocycles. The predicted molar refractivity (Wildman–Crippen MR) is 84.1 cm³/mol. The van der Waals surface area contributed by atoms with Crippen molar-refractivity contribution >= 4 is 17.7 Å². The second-order valence-corrected chi connectivity index (χ2v) is 6.93.